The molecule has 2 aromatic rings. The molecule has 0 saturated heterocycles. The van der Waals surface area contributed by atoms with E-state index in [1.165, 1.54) is 13.2 Å². The molecule has 0 spiro atoms. The van der Waals surface area contributed by atoms with Crippen molar-refractivity contribution >= 4 is 28.8 Å². The number of methoxy groups -OCH3 is 1. The number of carbonyl (C=O) groups excluding carboxylic acids is 3. The molecule has 0 aliphatic carbocycles. The van der Waals surface area contributed by atoms with E-state index in [-0.39, 0.29) is 6.42 Å². The number of aryl methyl sites for hydroxylation is 1. The van der Waals surface area contributed by atoms with Crippen LogP contribution < -0.4 is 26.1 Å². The van der Waals surface area contributed by atoms with Crippen LogP contribution in [0.4, 0.5) is 0 Å². The molecular formula is C17H17N2O7-. The molecule has 0 saturated carbocycles. The Hall–Kier alpha value is -3.36. The highest BCUT2D eigenvalue weighted by atomic mass is 16.5. The van der Waals surface area contributed by atoms with Gasteiger partial charge in [0.05, 0.1) is 32.6 Å². The van der Waals surface area contributed by atoms with Gasteiger partial charge in [-0.1, -0.05) is 0 Å². The van der Waals surface area contributed by atoms with E-state index >= 15 is 0 Å². The fourth-order valence-electron chi connectivity index (χ4n) is 2.42. The van der Waals surface area contributed by atoms with Gasteiger partial charge in [0.25, 0.3) is 0 Å². The van der Waals surface area contributed by atoms with Gasteiger partial charge in [0.15, 0.2) is 0 Å². The molecule has 0 aliphatic rings. The Labute approximate surface area is 147 Å². The maximum atomic E-state index is 12.0. The van der Waals surface area contributed by atoms with Gasteiger partial charge in [0.2, 0.25) is 11.8 Å². The molecule has 9 nitrogen and oxygen atoms in total. The molecule has 2 amide bonds. The van der Waals surface area contributed by atoms with Crippen LogP contribution >= 0.6 is 0 Å². The van der Waals surface area contributed by atoms with Crippen molar-refractivity contribution in [3.05, 3.63) is 39.7 Å². The summed E-state index contributed by atoms with van der Waals surface area (Å²) in [5.41, 5.74) is 0.787. The maximum Gasteiger partial charge on any atom is 0.336 e. The molecule has 9 heteroatoms. The van der Waals surface area contributed by atoms with E-state index in [4.69, 9.17) is 9.15 Å². The minimum absolute atomic E-state index is 0.151. The summed E-state index contributed by atoms with van der Waals surface area (Å²) in [7, 11) is 1.50. The van der Waals surface area contributed by atoms with Gasteiger partial charge in [-0.25, -0.2) is 4.79 Å². The van der Waals surface area contributed by atoms with Crippen molar-refractivity contribution < 1.29 is 28.6 Å². The van der Waals surface area contributed by atoms with Crippen molar-refractivity contribution in [3.63, 3.8) is 0 Å². The zero-order valence-electron chi connectivity index (χ0n) is 14.2. The zero-order valence-corrected chi connectivity index (χ0v) is 14.2. The second-order valence-electron chi connectivity index (χ2n) is 5.46. The van der Waals surface area contributed by atoms with Crippen molar-refractivity contribution in [2.45, 2.75) is 13.3 Å². The van der Waals surface area contributed by atoms with E-state index in [1.54, 1.807) is 19.1 Å². The Morgan fingerprint density at radius 2 is 1.85 bits per heavy atom. The number of rotatable bonds is 7. The molecule has 138 valence electrons. The van der Waals surface area contributed by atoms with Gasteiger partial charge >= 0.3 is 5.63 Å². The van der Waals surface area contributed by atoms with Crippen LogP contribution in [0.3, 0.4) is 0 Å². The molecule has 0 unspecified atom stereocenters. The molecule has 1 aromatic carbocycles. The summed E-state index contributed by atoms with van der Waals surface area (Å²) in [4.78, 5) is 45.5. The standard InChI is InChI=1S/C17H18N2O7/c1-9-12(25-2)4-3-11-10(6-16(24)26-17(9)11)5-13(20)18-7-14(21)19-8-15(22)23/h3-4,6H,5,7-8H2,1-2H3,(H,18,20)(H,19,21)(H,22,23)/p-1. The maximum absolute atomic E-state index is 12.0. The summed E-state index contributed by atoms with van der Waals surface area (Å²) in [6.07, 6.45) is -0.151. The number of nitrogens with one attached hydrogen (secondary N) is 2. The summed E-state index contributed by atoms with van der Waals surface area (Å²) in [6.45, 7) is 0.703. The average molecular weight is 361 g/mol. The van der Waals surface area contributed by atoms with E-state index in [0.717, 1.165) is 0 Å². The predicted octanol–water partition coefficient (Wildman–Crippen LogP) is -1.37. The van der Waals surface area contributed by atoms with E-state index in [0.29, 0.717) is 27.8 Å². The third kappa shape index (κ3) is 4.59. The lowest BCUT2D eigenvalue weighted by Gasteiger charge is -2.11. The van der Waals surface area contributed by atoms with Gasteiger partial charge in [0, 0.05) is 17.0 Å². The Kier molecular flexibility index (Phi) is 5.94. The Balaban J connectivity index is 2.14. The average Bonchev–Trinajstić information content (AvgIpc) is 2.59. The molecule has 0 bridgehead atoms. The number of hydrogen-bond donors (Lipinski definition) is 2. The highest BCUT2D eigenvalue weighted by Crippen LogP contribution is 2.28. The van der Waals surface area contributed by atoms with Crippen molar-refractivity contribution in [1.82, 2.24) is 10.6 Å². The number of hydrogen-bond acceptors (Lipinski definition) is 7. The first-order chi connectivity index (χ1) is 12.3. The van der Waals surface area contributed by atoms with Gasteiger partial charge in [-0.05, 0) is 24.6 Å². The highest BCUT2D eigenvalue weighted by molar-refractivity contribution is 5.91. The number of ether oxygens (including phenoxy) is 1. The molecule has 0 fully saturated rings. The Bertz CT molecular complexity index is 917. The summed E-state index contributed by atoms with van der Waals surface area (Å²) in [5.74, 6) is -2.06. The van der Waals surface area contributed by atoms with Crippen molar-refractivity contribution in [1.29, 1.82) is 0 Å². The molecule has 1 aromatic heterocycles. The molecular weight excluding hydrogens is 344 g/mol. The predicted molar refractivity (Wildman–Crippen MR) is 88.5 cm³/mol. The van der Waals surface area contributed by atoms with Crippen LogP contribution in [-0.2, 0) is 20.8 Å². The number of carboxylic acid groups (broad SMARTS) is 1. The molecule has 0 radical (unpaired) electrons. The van der Waals surface area contributed by atoms with Crippen LogP contribution in [0.1, 0.15) is 11.1 Å². The smallest absolute Gasteiger partial charge is 0.336 e. The zero-order chi connectivity index (χ0) is 19.3. The number of benzene rings is 1. The summed E-state index contributed by atoms with van der Waals surface area (Å²) in [6, 6.07) is 4.59. The Morgan fingerprint density at radius 1 is 1.15 bits per heavy atom. The summed E-state index contributed by atoms with van der Waals surface area (Å²) < 4.78 is 10.4. The molecule has 26 heavy (non-hydrogen) atoms. The highest BCUT2D eigenvalue weighted by Gasteiger charge is 2.14. The monoisotopic (exact) mass is 361 g/mol. The van der Waals surface area contributed by atoms with Gasteiger partial charge in [-0.15, -0.1) is 0 Å². The van der Waals surface area contributed by atoms with Crippen LogP contribution in [0.25, 0.3) is 11.0 Å². The van der Waals surface area contributed by atoms with Gasteiger partial charge in [0.1, 0.15) is 11.3 Å². The first-order valence-electron chi connectivity index (χ1n) is 7.65. The lowest BCUT2D eigenvalue weighted by molar-refractivity contribution is -0.304. The van der Waals surface area contributed by atoms with E-state index in [1.807, 2.05) is 0 Å². The summed E-state index contributed by atoms with van der Waals surface area (Å²) in [5, 5.41) is 15.3. The largest absolute Gasteiger partial charge is 0.548 e. The van der Waals surface area contributed by atoms with Crippen LogP contribution in [-0.4, -0.2) is 38.0 Å². The van der Waals surface area contributed by atoms with E-state index in [9.17, 15) is 24.3 Å². The first kappa shape index (κ1) is 19.0. The van der Waals surface area contributed by atoms with Crippen molar-refractivity contribution in [2.24, 2.45) is 0 Å². The van der Waals surface area contributed by atoms with Crippen LogP contribution in [0.15, 0.2) is 27.4 Å². The minimum atomic E-state index is -1.43. The minimum Gasteiger partial charge on any atom is -0.548 e. The number of aliphatic carboxylic acids is 1. The molecule has 2 rings (SSSR count). The van der Waals surface area contributed by atoms with Crippen molar-refractivity contribution in [3.8, 4) is 5.75 Å². The van der Waals surface area contributed by atoms with Gasteiger partial charge in [-0.2, -0.15) is 0 Å². The van der Waals surface area contributed by atoms with Gasteiger partial charge < -0.3 is 29.7 Å². The Morgan fingerprint density at radius 3 is 2.50 bits per heavy atom. The normalized spacial score (nSPS) is 10.4. The second kappa shape index (κ2) is 8.15. The SMILES string of the molecule is COc1ccc2c(CC(=O)NCC(=O)NCC(=O)[O-])cc(=O)oc2c1C. The topological polar surface area (TPSA) is 138 Å². The first-order valence-corrected chi connectivity index (χ1v) is 7.65. The molecule has 2 N–H and O–H groups in total. The van der Waals surface area contributed by atoms with Crippen LogP contribution in [0, 0.1) is 6.92 Å². The fourth-order valence-corrected chi connectivity index (χ4v) is 2.42. The van der Waals surface area contributed by atoms with Crippen LogP contribution in [0.2, 0.25) is 0 Å². The fraction of sp³-hybridized carbons (Fsp3) is 0.294. The molecule has 0 aliphatic heterocycles. The van der Waals surface area contributed by atoms with E-state index < -0.39 is 36.5 Å². The lowest BCUT2D eigenvalue weighted by atomic mass is 10.0. The van der Waals surface area contributed by atoms with Crippen molar-refractivity contribution in [2.75, 3.05) is 20.2 Å². The van der Waals surface area contributed by atoms with E-state index in [2.05, 4.69) is 10.6 Å². The lowest BCUT2D eigenvalue weighted by Crippen LogP contribution is -2.42. The molecule has 0 atom stereocenters. The quantitative estimate of drug-likeness (QED) is 0.581. The third-order valence-corrected chi connectivity index (χ3v) is 3.64. The molecule has 1 heterocycles. The van der Waals surface area contributed by atoms with Crippen LogP contribution in [0.5, 0.6) is 5.75 Å². The second-order valence-corrected chi connectivity index (χ2v) is 5.46. The number of carbonyl (C=O) groups is 3. The number of amides is 2. The summed E-state index contributed by atoms with van der Waals surface area (Å²) >= 11 is 0. The number of fused-ring (bicyclic) bond motifs is 1. The third-order valence-electron chi connectivity index (χ3n) is 3.64. The number of carboxylic acids is 1. The van der Waals surface area contributed by atoms with Gasteiger partial charge in [-0.3, -0.25) is 9.59 Å².